The lowest BCUT2D eigenvalue weighted by Gasteiger charge is -2.24. The third kappa shape index (κ3) is 2.08. The molecule has 94 valence electrons. The molecule has 0 saturated carbocycles. The van der Waals surface area contributed by atoms with E-state index in [-0.39, 0.29) is 11.5 Å². The lowest BCUT2D eigenvalue weighted by Crippen LogP contribution is -2.29. The van der Waals surface area contributed by atoms with Crippen molar-refractivity contribution in [3.63, 3.8) is 0 Å². The van der Waals surface area contributed by atoms with Crippen LogP contribution in [0, 0.1) is 5.92 Å². The van der Waals surface area contributed by atoms with E-state index in [2.05, 4.69) is 25.7 Å². The van der Waals surface area contributed by atoms with Crippen LogP contribution in [0.4, 0.5) is 0 Å². The molecular weight excluding hydrogens is 321 g/mol. The Kier molecular flexibility index (Phi) is 3.54. The summed E-state index contributed by atoms with van der Waals surface area (Å²) in [7, 11) is 1.24. The van der Waals surface area contributed by atoms with Crippen molar-refractivity contribution in [3.8, 4) is 0 Å². The van der Waals surface area contributed by atoms with Crippen LogP contribution in [0.3, 0.4) is 0 Å². The number of allylic oxidation sites excluding steroid dienone is 5. The van der Waals surface area contributed by atoms with Gasteiger partial charge in [-0.2, -0.15) is 0 Å². The molecule has 0 saturated heterocycles. The minimum Gasteiger partial charge on any atom is -0.464 e. The van der Waals surface area contributed by atoms with E-state index in [0.29, 0.717) is 20.8 Å². The number of methoxy groups -OCH3 is 1. The molecule has 0 aromatic heterocycles. The molecule has 2 rings (SSSR count). The Hall–Kier alpha value is -1.20. The Morgan fingerprint density at radius 2 is 2.22 bits per heavy atom. The van der Waals surface area contributed by atoms with Crippen molar-refractivity contribution in [1.29, 1.82) is 0 Å². The Bertz CT molecular complexity index is 572. The Balaban J connectivity index is 2.52. The summed E-state index contributed by atoms with van der Waals surface area (Å²) in [6.45, 7) is 1.76. The van der Waals surface area contributed by atoms with Crippen molar-refractivity contribution in [2.75, 3.05) is 7.11 Å². The average Bonchev–Trinajstić information content (AvgIpc) is 2.36. The fourth-order valence-electron chi connectivity index (χ4n) is 1.79. The van der Waals surface area contributed by atoms with Crippen molar-refractivity contribution in [3.05, 3.63) is 32.9 Å². The molecule has 0 N–H and O–H groups in total. The number of fused-ring (bicyclic) bond motifs is 1. The largest absolute Gasteiger partial charge is 0.464 e. The lowest BCUT2D eigenvalue weighted by molar-refractivity contribution is -0.136. The van der Waals surface area contributed by atoms with Crippen LogP contribution >= 0.6 is 27.5 Å². The maximum atomic E-state index is 12.0. The molecule has 0 radical (unpaired) electrons. The fraction of sp³-hybridized carbons (Fsp3) is 0.250. The number of halogens is 2. The van der Waals surface area contributed by atoms with Crippen LogP contribution in [0.25, 0.3) is 0 Å². The molecule has 1 atom stereocenters. The molecule has 0 bridgehead atoms. The molecule has 1 unspecified atom stereocenters. The van der Waals surface area contributed by atoms with Crippen molar-refractivity contribution in [2.24, 2.45) is 10.9 Å². The molecular formula is C12H9BrClNO3. The highest BCUT2D eigenvalue weighted by atomic mass is 79.9. The molecule has 2 aliphatic rings. The van der Waals surface area contributed by atoms with Gasteiger partial charge in [-0.1, -0.05) is 17.7 Å². The first-order valence-electron chi connectivity index (χ1n) is 5.12. The highest BCUT2D eigenvalue weighted by molar-refractivity contribution is 9.12. The number of ether oxygens (including phenoxy) is 1. The van der Waals surface area contributed by atoms with Gasteiger partial charge in [0.05, 0.1) is 23.8 Å². The highest BCUT2D eigenvalue weighted by Crippen LogP contribution is 2.35. The summed E-state index contributed by atoms with van der Waals surface area (Å²) in [5.41, 5.74) is 1.18. The quantitative estimate of drug-likeness (QED) is 0.694. The summed E-state index contributed by atoms with van der Waals surface area (Å²) in [5.74, 6) is -1.33. The standard InChI is InChI=1S/C12H9BrClNO3/c1-5-10(14)7(13)3-6-9(16)4-8(12(17)18-2)15-11(5)6/h3-4,6H,1-2H3. The van der Waals surface area contributed by atoms with Gasteiger partial charge in [0.2, 0.25) is 0 Å². The van der Waals surface area contributed by atoms with Gasteiger partial charge in [0.25, 0.3) is 0 Å². The van der Waals surface area contributed by atoms with Gasteiger partial charge < -0.3 is 4.74 Å². The number of carbonyl (C=O) groups is 2. The van der Waals surface area contributed by atoms with Gasteiger partial charge in [-0.3, -0.25) is 4.79 Å². The lowest BCUT2D eigenvalue weighted by atomic mass is 9.87. The molecule has 6 heteroatoms. The molecule has 4 nitrogen and oxygen atoms in total. The third-order valence-electron chi connectivity index (χ3n) is 2.75. The van der Waals surface area contributed by atoms with Gasteiger partial charge in [0.15, 0.2) is 11.5 Å². The smallest absolute Gasteiger partial charge is 0.356 e. The molecule has 1 heterocycles. The van der Waals surface area contributed by atoms with Crippen LogP contribution in [-0.2, 0) is 14.3 Å². The summed E-state index contributed by atoms with van der Waals surface area (Å²) < 4.78 is 5.22. The third-order valence-corrected chi connectivity index (χ3v) is 4.13. The van der Waals surface area contributed by atoms with E-state index in [4.69, 9.17) is 11.6 Å². The summed E-state index contributed by atoms with van der Waals surface area (Å²) in [4.78, 5) is 27.5. The number of ketones is 1. The molecule has 0 spiro atoms. The first kappa shape index (κ1) is 13.2. The van der Waals surface area contributed by atoms with E-state index in [1.807, 2.05) is 0 Å². The highest BCUT2D eigenvalue weighted by Gasteiger charge is 2.33. The van der Waals surface area contributed by atoms with E-state index >= 15 is 0 Å². The van der Waals surface area contributed by atoms with Crippen LogP contribution < -0.4 is 0 Å². The number of carbonyl (C=O) groups excluding carboxylic acids is 2. The maximum absolute atomic E-state index is 12.0. The normalized spacial score (nSPS) is 23.0. The summed E-state index contributed by atoms with van der Waals surface area (Å²) in [6, 6.07) is 0. The minimum absolute atomic E-state index is 0.00369. The maximum Gasteiger partial charge on any atom is 0.356 e. The number of esters is 1. The second-order valence-electron chi connectivity index (χ2n) is 3.85. The number of hydrogen-bond donors (Lipinski definition) is 0. The predicted octanol–water partition coefficient (Wildman–Crippen LogP) is 2.49. The van der Waals surface area contributed by atoms with E-state index in [1.54, 1.807) is 13.0 Å². The van der Waals surface area contributed by atoms with Crippen LogP contribution in [0.2, 0.25) is 0 Å². The number of nitrogens with zero attached hydrogens (tertiary/aromatic N) is 1. The van der Waals surface area contributed by atoms with Crippen molar-refractivity contribution in [2.45, 2.75) is 6.92 Å². The van der Waals surface area contributed by atoms with Crippen molar-refractivity contribution < 1.29 is 14.3 Å². The van der Waals surface area contributed by atoms with Gasteiger partial charge in [-0.05, 0) is 28.4 Å². The molecule has 1 aliphatic heterocycles. The monoisotopic (exact) mass is 329 g/mol. The SMILES string of the molecule is COC(=O)C1=CC(=O)C2C=C(Br)C(Cl)=C(C)C2=N1. The van der Waals surface area contributed by atoms with E-state index in [9.17, 15) is 9.59 Å². The Morgan fingerprint density at radius 1 is 1.56 bits per heavy atom. The number of aliphatic imine (C=N–C) groups is 1. The number of hydrogen-bond acceptors (Lipinski definition) is 4. The molecule has 1 aliphatic carbocycles. The molecule has 0 fully saturated rings. The predicted molar refractivity (Wildman–Crippen MR) is 71.6 cm³/mol. The molecule has 0 aromatic carbocycles. The first-order chi connectivity index (χ1) is 8.45. The van der Waals surface area contributed by atoms with Crippen LogP contribution in [0.15, 0.2) is 37.9 Å². The fourth-order valence-corrected chi connectivity index (χ4v) is 2.51. The zero-order chi connectivity index (χ0) is 13.4. The second-order valence-corrected chi connectivity index (χ2v) is 5.08. The van der Waals surface area contributed by atoms with Crippen molar-refractivity contribution >= 4 is 45.0 Å². The zero-order valence-electron chi connectivity index (χ0n) is 9.66. The van der Waals surface area contributed by atoms with Crippen LogP contribution in [0.1, 0.15) is 6.92 Å². The van der Waals surface area contributed by atoms with Crippen LogP contribution in [0.5, 0.6) is 0 Å². The first-order valence-corrected chi connectivity index (χ1v) is 6.29. The zero-order valence-corrected chi connectivity index (χ0v) is 12.0. The van der Waals surface area contributed by atoms with Gasteiger partial charge in [0.1, 0.15) is 0 Å². The Labute approximate surface area is 117 Å². The molecule has 0 aromatic rings. The van der Waals surface area contributed by atoms with E-state index < -0.39 is 11.9 Å². The molecule has 0 amide bonds. The Morgan fingerprint density at radius 3 is 2.83 bits per heavy atom. The van der Waals surface area contributed by atoms with Gasteiger partial charge in [-0.25, -0.2) is 9.79 Å². The average molecular weight is 331 g/mol. The van der Waals surface area contributed by atoms with Gasteiger partial charge >= 0.3 is 5.97 Å². The topological polar surface area (TPSA) is 55.7 Å². The van der Waals surface area contributed by atoms with E-state index in [1.165, 1.54) is 13.2 Å². The summed E-state index contributed by atoms with van der Waals surface area (Å²) >= 11 is 9.38. The van der Waals surface area contributed by atoms with Gasteiger partial charge in [0, 0.05) is 10.6 Å². The van der Waals surface area contributed by atoms with Crippen LogP contribution in [-0.4, -0.2) is 24.6 Å². The minimum atomic E-state index is -0.633. The second kappa shape index (κ2) is 4.82. The van der Waals surface area contributed by atoms with E-state index in [0.717, 1.165) is 0 Å². The number of rotatable bonds is 1. The van der Waals surface area contributed by atoms with Crippen molar-refractivity contribution in [1.82, 2.24) is 0 Å². The van der Waals surface area contributed by atoms with Gasteiger partial charge in [-0.15, -0.1) is 0 Å². The summed E-state index contributed by atoms with van der Waals surface area (Å²) in [5, 5.41) is 0.490. The summed E-state index contributed by atoms with van der Waals surface area (Å²) in [6.07, 6.45) is 2.88. The molecule has 18 heavy (non-hydrogen) atoms.